The van der Waals surface area contributed by atoms with Crippen molar-refractivity contribution in [3.8, 4) is 0 Å². The molecule has 14 heavy (non-hydrogen) atoms. The van der Waals surface area contributed by atoms with Crippen LogP contribution in [-0.4, -0.2) is 33.9 Å². The van der Waals surface area contributed by atoms with Crippen molar-refractivity contribution in [3.63, 3.8) is 0 Å². The Kier molecular flexibility index (Phi) is 1.76. The third-order valence-corrected chi connectivity index (χ3v) is 5.39. The molecule has 3 rings (SSSR count). The van der Waals surface area contributed by atoms with Gasteiger partial charge in [0.1, 0.15) is 0 Å². The van der Waals surface area contributed by atoms with E-state index in [1.54, 1.807) is 0 Å². The summed E-state index contributed by atoms with van der Waals surface area (Å²) in [6.45, 7) is 3.96. The van der Waals surface area contributed by atoms with Crippen LogP contribution in [0.15, 0.2) is 12.2 Å². The molecule has 0 N–H and O–H groups in total. The highest BCUT2D eigenvalue weighted by Gasteiger charge is 2.59. The van der Waals surface area contributed by atoms with Crippen LogP contribution in [0.4, 0.5) is 0 Å². The van der Waals surface area contributed by atoms with Gasteiger partial charge >= 0.3 is 0 Å². The number of carbonyl (C=O) groups excluding carboxylic acids is 1. The molecule has 2 nitrogen and oxygen atoms in total. The Hall–Kier alpha value is -0.440. The van der Waals surface area contributed by atoms with Gasteiger partial charge in [-0.05, 0) is 18.8 Å². The molecule has 1 amide bonds. The second-order valence-electron chi connectivity index (χ2n) is 4.77. The van der Waals surface area contributed by atoms with Gasteiger partial charge < -0.3 is 4.90 Å². The fourth-order valence-electron chi connectivity index (χ4n) is 2.55. The van der Waals surface area contributed by atoms with E-state index in [2.05, 4.69) is 19.1 Å². The minimum atomic E-state index is 0.263. The van der Waals surface area contributed by atoms with Crippen LogP contribution in [0, 0.1) is 5.92 Å². The number of hydrogen-bond donors (Lipinski definition) is 0. The Labute approximate surface area is 88.7 Å². The number of fused-ring (bicyclic) bond motifs is 1. The van der Waals surface area contributed by atoms with E-state index in [0.717, 1.165) is 25.4 Å². The fourth-order valence-corrected chi connectivity index (χ4v) is 4.37. The Balaban J connectivity index is 1.64. The Bertz CT molecular complexity index is 306. The van der Waals surface area contributed by atoms with Crippen LogP contribution in [-0.2, 0) is 4.79 Å². The second kappa shape index (κ2) is 2.78. The molecule has 2 heterocycles. The molecular weight excluding hydrogens is 194 g/mol. The van der Waals surface area contributed by atoms with Crippen molar-refractivity contribution in [1.82, 2.24) is 4.90 Å². The molecule has 3 heteroatoms. The van der Waals surface area contributed by atoms with Crippen LogP contribution in [0.25, 0.3) is 0 Å². The molecule has 1 saturated carbocycles. The van der Waals surface area contributed by atoms with Crippen LogP contribution in [0.3, 0.4) is 0 Å². The topological polar surface area (TPSA) is 20.3 Å². The summed E-state index contributed by atoms with van der Waals surface area (Å²) in [5.74, 6) is 1.20. The largest absolute Gasteiger partial charge is 0.334 e. The number of carbonyl (C=O) groups is 1. The predicted octanol–water partition coefficient (Wildman–Crippen LogP) is 1.67. The maximum Gasteiger partial charge on any atom is 0.236 e. The molecule has 76 valence electrons. The van der Waals surface area contributed by atoms with Gasteiger partial charge in [0.25, 0.3) is 0 Å². The van der Waals surface area contributed by atoms with Crippen LogP contribution < -0.4 is 0 Å². The Morgan fingerprint density at radius 2 is 2.21 bits per heavy atom. The van der Waals surface area contributed by atoms with Crippen LogP contribution in [0.5, 0.6) is 0 Å². The van der Waals surface area contributed by atoms with Crippen LogP contribution in [0.1, 0.15) is 19.8 Å². The summed E-state index contributed by atoms with van der Waals surface area (Å²) < 4.78 is 0.466. The van der Waals surface area contributed by atoms with Crippen LogP contribution >= 0.6 is 11.8 Å². The molecule has 3 unspecified atom stereocenters. The van der Waals surface area contributed by atoms with E-state index in [4.69, 9.17) is 0 Å². The zero-order chi connectivity index (χ0) is 9.76. The molecule has 1 aliphatic carbocycles. The standard InChI is InChI=1S/C11H15NOS/c1-11-7-8(11)6-9(14-11)10(13)12-4-2-3-5-12/h2-3,8-9H,4-7H2,1H3. The highest BCUT2D eigenvalue weighted by molar-refractivity contribution is 8.02. The van der Waals surface area contributed by atoms with Crippen molar-refractivity contribution < 1.29 is 4.79 Å². The van der Waals surface area contributed by atoms with Gasteiger partial charge in [0.2, 0.25) is 5.91 Å². The zero-order valence-corrected chi connectivity index (χ0v) is 9.22. The molecule has 0 bridgehead atoms. The number of hydrogen-bond acceptors (Lipinski definition) is 2. The highest BCUT2D eigenvalue weighted by atomic mass is 32.2. The van der Waals surface area contributed by atoms with Gasteiger partial charge in [-0.2, -0.15) is 0 Å². The average Bonchev–Trinajstić information content (AvgIpc) is 2.64. The van der Waals surface area contributed by atoms with Crippen molar-refractivity contribution in [2.75, 3.05) is 13.1 Å². The van der Waals surface area contributed by atoms with E-state index in [0.29, 0.717) is 10.7 Å². The Morgan fingerprint density at radius 3 is 2.79 bits per heavy atom. The lowest BCUT2D eigenvalue weighted by Crippen LogP contribution is -2.35. The van der Waals surface area contributed by atoms with Crippen molar-refractivity contribution in [3.05, 3.63) is 12.2 Å². The van der Waals surface area contributed by atoms with Gasteiger partial charge in [-0.1, -0.05) is 19.1 Å². The maximum absolute atomic E-state index is 12.0. The molecule has 3 atom stereocenters. The lowest BCUT2D eigenvalue weighted by Gasteiger charge is -2.21. The predicted molar refractivity (Wildman–Crippen MR) is 58.2 cm³/mol. The van der Waals surface area contributed by atoms with Gasteiger partial charge in [-0.3, -0.25) is 4.79 Å². The van der Waals surface area contributed by atoms with E-state index < -0.39 is 0 Å². The minimum absolute atomic E-state index is 0.263. The summed E-state index contributed by atoms with van der Waals surface area (Å²) in [5, 5.41) is 0.263. The van der Waals surface area contributed by atoms with Gasteiger partial charge in [0.05, 0.1) is 5.25 Å². The van der Waals surface area contributed by atoms with Gasteiger partial charge in [0, 0.05) is 17.8 Å². The first-order valence-corrected chi connectivity index (χ1v) is 6.19. The molecule has 2 aliphatic heterocycles. The van der Waals surface area contributed by atoms with E-state index >= 15 is 0 Å². The third-order valence-electron chi connectivity index (χ3n) is 3.67. The summed E-state index contributed by atoms with van der Waals surface area (Å²) in [6, 6.07) is 0. The summed E-state index contributed by atoms with van der Waals surface area (Å²) in [5.41, 5.74) is 0. The van der Waals surface area contributed by atoms with Crippen LogP contribution in [0.2, 0.25) is 0 Å². The summed E-state index contributed by atoms with van der Waals surface area (Å²) in [7, 11) is 0. The number of thioether (sulfide) groups is 1. The average molecular weight is 209 g/mol. The van der Waals surface area contributed by atoms with Gasteiger partial charge in [0.15, 0.2) is 0 Å². The van der Waals surface area contributed by atoms with E-state index in [9.17, 15) is 4.79 Å². The van der Waals surface area contributed by atoms with E-state index in [1.165, 1.54) is 6.42 Å². The molecular formula is C11H15NOS. The molecule has 0 aromatic carbocycles. The molecule has 1 saturated heterocycles. The fraction of sp³-hybridized carbons (Fsp3) is 0.727. The first-order valence-electron chi connectivity index (χ1n) is 5.31. The highest BCUT2D eigenvalue weighted by Crippen LogP contribution is 2.64. The van der Waals surface area contributed by atoms with Crippen molar-refractivity contribution >= 4 is 17.7 Å². The molecule has 0 aromatic rings. The first-order chi connectivity index (χ1) is 6.69. The lowest BCUT2D eigenvalue weighted by atomic mass is 10.2. The van der Waals surface area contributed by atoms with Crippen molar-refractivity contribution in [1.29, 1.82) is 0 Å². The quantitative estimate of drug-likeness (QED) is 0.612. The smallest absolute Gasteiger partial charge is 0.236 e. The number of rotatable bonds is 1. The molecule has 0 aromatic heterocycles. The molecule has 0 radical (unpaired) electrons. The maximum atomic E-state index is 12.0. The summed E-state index contributed by atoms with van der Waals surface area (Å²) >= 11 is 1.92. The minimum Gasteiger partial charge on any atom is -0.334 e. The third kappa shape index (κ3) is 1.22. The van der Waals surface area contributed by atoms with Crippen molar-refractivity contribution in [2.45, 2.75) is 29.8 Å². The summed E-state index contributed by atoms with van der Waals surface area (Å²) in [4.78, 5) is 14.0. The van der Waals surface area contributed by atoms with E-state index in [-0.39, 0.29) is 5.25 Å². The summed E-state index contributed by atoms with van der Waals surface area (Å²) in [6.07, 6.45) is 6.62. The second-order valence-corrected chi connectivity index (χ2v) is 6.51. The SMILES string of the molecule is CC12CC1CC(C(=O)N1CC=CC1)S2. The monoisotopic (exact) mass is 209 g/mol. The number of nitrogens with zero attached hydrogens (tertiary/aromatic N) is 1. The Morgan fingerprint density at radius 1 is 1.50 bits per heavy atom. The molecule has 3 aliphatic rings. The molecule has 0 spiro atoms. The van der Waals surface area contributed by atoms with Gasteiger partial charge in [-0.25, -0.2) is 0 Å². The zero-order valence-electron chi connectivity index (χ0n) is 8.40. The molecule has 2 fully saturated rings. The van der Waals surface area contributed by atoms with E-state index in [1.807, 2.05) is 16.7 Å². The first kappa shape index (κ1) is 8.84. The lowest BCUT2D eigenvalue weighted by molar-refractivity contribution is -0.129. The van der Waals surface area contributed by atoms with Crippen molar-refractivity contribution in [2.24, 2.45) is 5.92 Å². The number of amides is 1. The normalized spacial score (nSPS) is 44.2. The van der Waals surface area contributed by atoms with Gasteiger partial charge in [-0.15, -0.1) is 11.8 Å².